The van der Waals surface area contributed by atoms with Gasteiger partial charge >= 0.3 is 0 Å². The van der Waals surface area contributed by atoms with Crippen LogP contribution in [0, 0.1) is 5.92 Å². The van der Waals surface area contributed by atoms with Crippen LogP contribution in [0.4, 0.5) is 0 Å². The van der Waals surface area contributed by atoms with Crippen LogP contribution in [0.3, 0.4) is 0 Å². The third-order valence-electron chi connectivity index (χ3n) is 7.45. The Balaban J connectivity index is 1.63. The van der Waals surface area contributed by atoms with E-state index in [0.29, 0.717) is 23.8 Å². The third kappa shape index (κ3) is 5.07. The van der Waals surface area contributed by atoms with Crippen LogP contribution in [0.2, 0.25) is 0 Å². The van der Waals surface area contributed by atoms with E-state index in [-0.39, 0.29) is 24.0 Å². The molecule has 2 saturated carbocycles. The fraction of sp³-hybridized carbons (Fsp3) is 0.692. The highest BCUT2D eigenvalue weighted by molar-refractivity contribution is 5.97. The zero-order valence-corrected chi connectivity index (χ0v) is 19.1. The average molecular weight is 427 g/mol. The first kappa shape index (κ1) is 22.2. The fourth-order valence-electron chi connectivity index (χ4n) is 5.32. The van der Waals surface area contributed by atoms with Crippen molar-refractivity contribution in [2.45, 2.75) is 89.7 Å². The lowest BCUT2D eigenvalue weighted by Crippen LogP contribution is -2.53. The van der Waals surface area contributed by atoms with Gasteiger partial charge in [0.05, 0.1) is 11.6 Å². The Labute approximate surface area is 187 Å². The summed E-state index contributed by atoms with van der Waals surface area (Å²) in [6, 6.07) is 7.80. The molecule has 4 rings (SSSR count). The Kier molecular flexibility index (Phi) is 7.52. The molecular weight excluding hydrogens is 388 g/mol. The number of carbonyl (C=O) groups is 2. The molecule has 1 heterocycles. The van der Waals surface area contributed by atoms with E-state index < -0.39 is 0 Å². The highest BCUT2D eigenvalue weighted by Crippen LogP contribution is 2.34. The van der Waals surface area contributed by atoms with Crippen molar-refractivity contribution < 1.29 is 14.3 Å². The van der Waals surface area contributed by atoms with Gasteiger partial charge in [0.15, 0.2) is 0 Å². The molecule has 31 heavy (non-hydrogen) atoms. The lowest BCUT2D eigenvalue weighted by Gasteiger charge is -2.43. The monoisotopic (exact) mass is 426 g/mol. The molecule has 0 unspecified atom stereocenters. The number of hydrogen-bond acceptors (Lipinski definition) is 3. The smallest absolute Gasteiger partial charge is 0.257 e. The second kappa shape index (κ2) is 10.5. The molecule has 1 aromatic rings. The van der Waals surface area contributed by atoms with Gasteiger partial charge in [-0.1, -0.05) is 37.8 Å². The van der Waals surface area contributed by atoms with Crippen LogP contribution in [0.1, 0.15) is 87.9 Å². The van der Waals surface area contributed by atoms with Crippen molar-refractivity contribution in [2.24, 2.45) is 5.92 Å². The van der Waals surface area contributed by atoms with Crippen molar-refractivity contribution in [3.05, 3.63) is 29.8 Å². The number of amides is 2. The molecule has 0 spiro atoms. The number of hydrogen-bond donors (Lipinski definition) is 0. The number of rotatable bonds is 2. The van der Waals surface area contributed by atoms with Crippen LogP contribution in [0.25, 0.3) is 0 Å². The summed E-state index contributed by atoms with van der Waals surface area (Å²) in [7, 11) is 0. The summed E-state index contributed by atoms with van der Waals surface area (Å²) < 4.78 is 6.58. The number of ether oxygens (including phenoxy) is 1. The minimum Gasteiger partial charge on any atom is -0.487 e. The highest BCUT2D eigenvalue weighted by atomic mass is 16.5. The molecule has 0 radical (unpaired) electrons. The van der Waals surface area contributed by atoms with E-state index >= 15 is 0 Å². The fourth-order valence-corrected chi connectivity index (χ4v) is 5.32. The first-order chi connectivity index (χ1) is 15.2. The maximum atomic E-state index is 13.4. The summed E-state index contributed by atoms with van der Waals surface area (Å²) in [5, 5.41) is 0. The minimum absolute atomic E-state index is 0.0373. The van der Waals surface area contributed by atoms with Gasteiger partial charge in [0.1, 0.15) is 11.9 Å². The Morgan fingerprint density at radius 1 is 0.935 bits per heavy atom. The Morgan fingerprint density at radius 2 is 1.68 bits per heavy atom. The van der Waals surface area contributed by atoms with E-state index in [4.69, 9.17) is 4.74 Å². The van der Waals surface area contributed by atoms with Gasteiger partial charge in [-0.2, -0.15) is 0 Å². The van der Waals surface area contributed by atoms with E-state index in [9.17, 15) is 9.59 Å². The summed E-state index contributed by atoms with van der Waals surface area (Å²) >= 11 is 0. The van der Waals surface area contributed by atoms with Crippen molar-refractivity contribution in [1.82, 2.24) is 9.80 Å². The van der Waals surface area contributed by atoms with Crippen molar-refractivity contribution in [1.29, 1.82) is 0 Å². The van der Waals surface area contributed by atoms with Crippen LogP contribution in [0.5, 0.6) is 5.75 Å². The largest absolute Gasteiger partial charge is 0.487 e. The van der Waals surface area contributed by atoms with Gasteiger partial charge in [-0.25, -0.2) is 0 Å². The van der Waals surface area contributed by atoms with E-state index in [1.165, 1.54) is 6.42 Å². The van der Waals surface area contributed by atoms with Crippen LogP contribution in [-0.4, -0.2) is 53.4 Å². The number of fused-ring (bicyclic) bond motifs is 2. The van der Waals surface area contributed by atoms with Gasteiger partial charge in [-0.05, 0) is 64.0 Å². The summed E-state index contributed by atoms with van der Waals surface area (Å²) in [6.45, 7) is 4.38. The minimum atomic E-state index is -0.0373. The summed E-state index contributed by atoms with van der Waals surface area (Å²) in [5.41, 5.74) is 0.655. The lowest BCUT2D eigenvalue weighted by molar-refractivity contribution is -0.144. The number of benzene rings is 1. The van der Waals surface area contributed by atoms with Crippen LogP contribution >= 0.6 is 0 Å². The molecule has 2 fully saturated rings. The molecule has 0 saturated heterocycles. The van der Waals surface area contributed by atoms with Crippen LogP contribution in [-0.2, 0) is 4.79 Å². The molecule has 5 nitrogen and oxygen atoms in total. The predicted octanol–water partition coefficient (Wildman–Crippen LogP) is 5.04. The van der Waals surface area contributed by atoms with E-state index in [2.05, 4.69) is 4.90 Å². The Bertz CT molecular complexity index is 761. The quantitative estimate of drug-likeness (QED) is 0.666. The topological polar surface area (TPSA) is 49.9 Å². The van der Waals surface area contributed by atoms with Gasteiger partial charge < -0.3 is 14.5 Å². The van der Waals surface area contributed by atoms with Gasteiger partial charge in [0.25, 0.3) is 5.91 Å². The molecule has 1 aromatic carbocycles. The van der Waals surface area contributed by atoms with E-state index in [0.717, 1.165) is 77.3 Å². The molecule has 5 heteroatoms. The lowest BCUT2D eigenvalue weighted by atomic mass is 9.82. The molecule has 2 aliphatic carbocycles. The normalized spacial score (nSPS) is 26.2. The summed E-state index contributed by atoms with van der Waals surface area (Å²) in [6.07, 6.45) is 11.7. The maximum absolute atomic E-state index is 13.4. The molecule has 170 valence electrons. The number of para-hydroxylation sites is 1. The van der Waals surface area contributed by atoms with Gasteiger partial charge in [0, 0.05) is 25.6 Å². The number of nitrogens with zero attached hydrogens (tertiary/aromatic N) is 2. The Hall–Kier alpha value is -2.04. The zero-order chi connectivity index (χ0) is 21.6. The van der Waals surface area contributed by atoms with Crippen molar-refractivity contribution in [3.63, 3.8) is 0 Å². The van der Waals surface area contributed by atoms with Gasteiger partial charge in [-0.15, -0.1) is 0 Å². The van der Waals surface area contributed by atoms with Crippen molar-refractivity contribution >= 4 is 11.8 Å². The maximum Gasteiger partial charge on any atom is 0.257 e. The van der Waals surface area contributed by atoms with Gasteiger partial charge in [0.2, 0.25) is 5.91 Å². The molecular formula is C26H38N2O3. The summed E-state index contributed by atoms with van der Waals surface area (Å²) in [5.74, 6) is 1.30. The number of carbonyl (C=O) groups excluding carboxylic acids is 2. The van der Waals surface area contributed by atoms with Crippen LogP contribution in [0.15, 0.2) is 24.3 Å². The third-order valence-corrected chi connectivity index (χ3v) is 7.45. The first-order valence-corrected chi connectivity index (χ1v) is 12.5. The molecule has 0 aromatic heterocycles. The van der Waals surface area contributed by atoms with Crippen molar-refractivity contribution in [3.8, 4) is 5.75 Å². The molecule has 2 amide bonds. The predicted molar refractivity (Wildman–Crippen MR) is 122 cm³/mol. The second-order valence-corrected chi connectivity index (χ2v) is 9.46. The molecule has 0 N–H and O–H groups in total. The molecule has 2 atom stereocenters. The molecule has 0 bridgehead atoms. The van der Waals surface area contributed by atoms with E-state index in [1.54, 1.807) is 0 Å². The van der Waals surface area contributed by atoms with Crippen molar-refractivity contribution in [2.75, 3.05) is 19.6 Å². The highest BCUT2D eigenvalue weighted by Gasteiger charge is 2.38. The standard InChI is InChI=1S/C26H38N2O3/c1-2-27-18-9-3-4-10-19-28(25(29)20-12-11-13-20)22-15-6-8-17-24(22)31-23-16-7-5-14-21(23)26(27)30/h5,7,14,16,20,22,24H,2-4,6,8-13,15,17-19H2,1H3/t22-,24+/m1/s1. The molecule has 3 aliphatic rings. The van der Waals surface area contributed by atoms with E-state index in [1.807, 2.05) is 36.1 Å². The zero-order valence-electron chi connectivity index (χ0n) is 19.1. The van der Waals surface area contributed by atoms with Gasteiger partial charge in [-0.3, -0.25) is 9.59 Å². The molecule has 1 aliphatic heterocycles. The van der Waals surface area contributed by atoms with Crippen LogP contribution < -0.4 is 4.74 Å². The average Bonchev–Trinajstić information content (AvgIpc) is 2.75. The summed E-state index contributed by atoms with van der Waals surface area (Å²) in [4.78, 5) is 30.8. The SMILES string of the molecule is CCN1CCCCCCN(C(=O)C2CCC2)[C@@H]2CCCC[C@@H]2Oc2ccccc2C1=O. The first-order valence-electron chi connectivity index (χ1n) is 12.5. The Morgan fingerprint density at radius 3 is 2.42 bits per heavy atom. The second-order valence-electron chi connectivity index (χ2n) is 9.46.